The summed E-state index contributed by atoms with van der Waals surface area (Å²) in [7, 11) is 0. The third kappa shape index (κ3) is 6.78. The Hall–Kier alpha value is -3.53. The van der Waals surface area contributed by atoms with Gasteiger partial charge in [-0.1, -0.05) is 30.7 Å². The zero-order chi connectivity index (χ0) is 25.3. The maximum Gasteiger partial charge on any atom is 0.323 e. The largest absolute Gasteiger partial charge is 0.353 e. The fraction of sp³-hybridized carbons (Fsp3) is 0.500. The molecule has 0 bridgehead atoms. The third-order valence-corrected chi connectivity index (χ3v) is 6.78. The molecule has 0 atom stereocenters. The van der Waals surface area contributed by atoms with Crippen LogP contribution in [-0.4, -0.2) is 64.4 Å². The van der Waals surface area contributed by atoms with Crippen molar-refractivity contribution in [3.05, 3.63) is 53.5 Å². The highest BCUT2D eigenvalue weighted by Crippen LogP contribution is 2.22. The first kappa shape index (κ1) is 25.6. The number of amides is 4. The van der Waals surface area contributed by atoms with Gasteiger partial charge < -0.3 is 21.3 Å². The van der Waals surface area contributed by atoms with Gasteiger partial charge in [-0.25, -0.2) is 14.8 Å². The lowest BCUT2D eigenvalue weighted by atomic mass is 10.0. The van der Waals surface area contributed by atoms with Gasteiger partial charge in [-0.15, -0.1) is 0 Å². The summed E-state index contributed by atoms with van der Waals surface area (Å²) in [4.78, 5) is 48.0. The minimum atomic E-state index is -0.357. The molecule has 1 aromatic heterocycles. The van der Waals surface area contributed by atoms with Gasteiger partial charge in [-0.3, -0.25) is 14.9 Å². The van der Waals surface area contributed by atoms with Crippen molar-refractivity contribution in [2.45, 2.75) is 63.5 Å². The fourth-order valence-corrected chi connectivity index (χ4v) is 4.82. The molecule has 0 radical (unpaired) electrons. The lowest BCUT2D eigenvalue weighted by Crippen LogP contribution is -2.48. The highest BCUT2D eigenvalue weighted by Gasteiger charge is 2.27. The quantitative estimate of drug-likeness (QED) is 0.394. The number of nitrogens with one attached hydrogen (secondary N) is 3. The van der Waals surface area contributed by atoms with E-state index in [4.69, 9.17) is 5.73 Å². The number of nitrogens with zero attached hydrogens (tertiary/aromatic N) is 3. The normalized spacial score (nSPS) is 15.9. The van der Waals surface area contributed by atoms with Crippen molar-refractivity contribution >= 4 is 23.7 Å². The van der Waals surface area contributed by atoms with Crippen LogP contribution < -0.4 is 21.7 Å². The van der Waals surface area contributed by atoms with Crippen LogP contribution in [0, 0.1) is 0 Å². The molecule has 0 saturated carbocycles. The molecular formula is C26H35N7O3. The third-order valence-electron chi connectivity index (χ3n) is 6.78. The second kappa shape index (κ2) is 12.4. The first-order valence-corrected chi connectivity index (χ1v) is 12.8. The Balaban J connectivity index is 1.25. The molecule has 10 nitrogen and oxygen atoms in total. The summed E-state index contributed by atoms with van der Waals surface area (Å²) in [6.07, 6.45) is 9.02. The second-order valence-corrected chi connectivity index (χ2v) is 9.46. The molecule has 4 amide bonds. The number of fused-ring (bicyclic) bond motifs is 1. The first-order valence-electron chi connectivity index (χ1n) is 12.8. The molecule has 1 saturated heterocycles. The number of unbranched alkanes of at least 4 members (excludes halogenated alkanes) is 2. The molecule has 2 aliphatic rings. The minimum absolute atomic E-state index is 0.0182. The number of carbonyl (C=O) groups is 3. The number of anilines is 1. The van der Waals surface area contributed by atoms with Gasteiger partial charge in [0.1, 0.15) is 0 Å². The van der Waals surface area contributed by atoms with Crippen molar-refractivity contribution in [3.63, 3.8) is 0 Å². The number of aromatic nitrogens is 2. The van der Waals surface area contributed by atoms with Crippen molar-refractivity contribution in [2.75, 3.05) is 25.0 Å². The van der Waals surface area contributed by atoms with E-state index in [-0.39, 0.29) is 41.4 Å². The molecule has 5 N–H and O–H groups in total. The van der Waals surface area contributed by atoms with Gasteiger partial charge in [0.15, 0.2) is 11.5 Å². The molecule has 10 heteroatoms. The van der Waals surface area contributed by atoms with Crippen molar-refractivity contribution < 1.29 is 14.4 Å². The molecular weight excluding hydrogens is 458 g/mol. The summed E-state index contributed by atoms with van der Waals surface area (Å²) >= 11 is 0. The van der Waals surface area contributed by atoms with Crippen LogP contribution in [0.1, 0.15) is 60.1 Å². The van der Waals surface area contributed by atoms with Crippen LogP contribution >= 0.6 is 0 Å². The Morgan fingerprint density at radius 1 is 0.917 bits per heavy atom. The van der Waals surface area contributed by atoms with E-state index in [2.05, 4.69) is 38.1 Å². The maximum atomic E-state index is 13.0. The van der Waals surface area contributed by atoms with E-state index in [1.807, 2.05) is 12.1 Å². The average molecular weight is 494 g/mol. The molecule has 192 valence electrons. The van der Waals surface area contributed by atoms with Gasteiger partial charge in [0.05, 0.1) is 0 Å². The van der Waals surface area contributed by atoms with E-state index in [9.17, 15) is 14.4 Å². The van der Waals surface area contributed by atoms with Crippen molar-refractivity contribution in [1.82, 2.24) is 25.5 Å². The predicted molar refractivity (Wildman–Crippen MR) is 136 cm³/mol. The zero-order valence-electron chi connectivity index (χ0n) is 20.5. The number of hydrogen-bond donors (Lipinski definition) is 4. The van der Waals surface area contributed by atoms with Gasteiger partial charge in [0.2, 0.25) is 5.91 Å². The van der Waals surface area contributed by atoms with Crippen molar-refractivity contribution in [3.8, 4) is 0 Å². The number of nitrogens with two attached hydrogens (primary N) is 1. The highest BCUT2D eigenvalue weighted by atomic mass is 16.2. The van der Waals surface area contributed by atoms with E-state index in [0.29, 0.717) is 38.9 Å². The van der Waals surface area contributed by atoms with Crippen LogP contribution in [0.3, 0.4) is 0 Å². The van der Waals surface area contributed by atoms with Crippen LogP contribution in [0.4, 0.5) is 10.6 Å². The summed E-state index contributed by atoms with van der Waals surface area (Å²) in [6.45, 7) is 1.66. The molecule has 0 unspecified atom stereocenters. The Bertz CT molecular complexity index is 1040. The van der Waals surface area contributed by atoms with Crippen molar-refractivity contribution in [2.24, 2.45) is 5.73 Å². The topological polar surface area (TPSA) is 142 Å². The van der Waals surface area contributed by atoms with Crippen LogP contribution in [-0.2, 0) is 17.6 Å². The van der Waals surface area contributed by atoms with Gasteiger partial charge in [-0.2, -0.15) is 0 Å². The average Bonchev–Trinajstić information content (AvgIpc) is 3.29. The van der Waals surface area contributed by atoms with E-state index in [0.717, 1.165) is 32.1 Å². The summed E-state index contributed by atoms with van der Waals surface area (Å²) in [5.74, 6) is -0.164. The SMILES string of the molecule is NCCCCCC(=O)NC1CCN(C(=O)Nc2nccnc2C(=O)NC2Cc3ccccc3C2)CC1. The lowest BCUT2D eigenvalue weighted by molar-refractivity contribution is -0.122. The molecule has 1 aromatic carbocycles. The molecule has 1 aliphatic carbocycles. The number of urea groups is 1. The summed E-state index contributed by atoms with van der Waals surface area (Å²) in [5, 5.41) is 8.85. The van der Waals surface area contributed by atoms with E-state index < -0.39 is 0 Å². The Morgan fingerprint density at radius 2 is 1.61 bits per heavy atom. The summed E-state index contributed by atoms with van der Waals surface area (Å²) < 4.78 is 0. The molecule has 2 heterocycles. The maximum absolute atomic E-state index is 13.0. The van der Waals surface area contributed by atoms with Gasteiger partial charge in [-0.05, 0) is 56.2 Å². The Kier molecular flexibility index (Phi) is 8.83. The Labute approximate surface area is 211 Å². The standard InChI is InChI=1S/C26H35N7O3/c27-11-5-1-2-8-22(34)30-20-9-14-33(15-10-20)26(36)32-24-23(28-12-13-29-24)25(35)31-21-16-18-6-3-4-7-19(18)17-21/h3-4,6-7,12-13,20-21H,1-2,5,8-11,14-17,27H2,(H,30,34)(H,31,35)(H,29,32,36). The smallest absolute Gasteiger partial charge is 0.323 e. The number of likely N-dealkylation sites (tertiary alicyclic amines) is 1. The van der Waals surface area contributed by atoms with Gasteiger partial charge >= 0.3 is 6.03 Å². The number of rotatable bonds is 9. The Morgan fingerprint density at radius 3 is 2.31 bits per heavy atom. The number of carbonyl (C=O) groups excluding carboxylic acids is 3. The minimum Gasteiger partial charge on any atom is -0.353 e. The molecule has 4 rings (SSSR count). The van der Waals surface area contributed by atoms with E-state index in [1.165, 1.54) is 23.5 Å². The highest BCUT2D eigenvalue weighted by molar-refractivity contribution is 6.00. The van der Waals surface area contributed by atoms with Crippen molar-refractivity contribution in [1.29, 1.82) is 0 Å². The molecule has 1 aliphatic heterocycles. The summed E-state index contributed by atoms with van der Waals surface area (Å²) in [5.41, 5.74) is 8.06. The van der Waals surface area contributed by atoms with Crippen LogP contribution in [0.25, 0.3) is 0 Å². The fourth-order valence-electron chi connectivity index (χ4n) is 4.82. The number of benzene rings is 1. The molecule has 0 spiro atoms. The molecule has 2 aromatic rings. The molecule has 1 fully saturated rings. The predicted octanol–water partition coefficient (Wildman–Crippen LogP) is 2.01. The zero-order valence-corrected chi connectivity index (χ0v) is 20.5. The van der Waals surface area contributed by atoms with Gasteiger partial charge in [0.25, 0.3) is 5.91 Å². The van der Waals surface area contributed by atoms with Crippen LogP contribution in [0.5, 0.6) is 0 Å². The number of piperidine rings is 1. The second-order valence-electron chi connectivity index (χ2n) is 9.46. The van der Waals surface area contributed by atoms with E-state index in [1.54, 1.807) is 4.90 Å². The summed E-state index contributed by atoms with van der Waals surface area (Å²) in [6, 6.07) is 7.87. The van der Waals surface area contributed by atoms with Gasteiger partial charge in [0, 0.05) is 44.0 Å². The number of hydrogen-bond acceptors (Lipinski definition) is 6. The van der Waals surface area contributed by atoms with E-state index >= 15 is 0 Å². The monoisotopic (exact) mass is 493 g/mol. The first-order chi connectivity index (χ1) is 17.5. The lowest BCUT2D eigenvalue weighted by Gasteiger charge is -2.32. The van der Waals surface area contributed by atoms with Crippen LogP contribution in [0.2, 0.25) is 0 Å². The molecule has 36 heavy (non-hydrogen) atoms. The van der Waals surface area contributed by atoms with Crippen LogP contribution in [0.15, 0.2) is 36.7 Å².